The Labute approximate surface area is 174 Å². The minimum absolute atomic E-state index is 0.0891. The Morgan fingerprint density at radius 2 is 1.93 bits per heavy atom. The molecule has 0 saturated heterocycles. The lowest BCUT2D eigenvalue weighted by molar-refractivity contribution is -0.115. The van der Waals surface area contributed by atoms with Crippen molar-refractivity contribution in [2.45, 2.75) is 22.6 Å². The maximum atomic E-state index is 12.3. The summed E-state index contributed by atoms with van der Waals surface area (Å²) in [7, 11) is 0. The van der Waals surface area contributed by atoms with Crippen LogP contribution in [0, 0.1) is 6.92 Å². The number of benzene rings is 1. The number of nitrogens with one attached hydrogen (secondary N) is 1. The van der Waals surface area contributed by atoms with Gasteiger partial charge in [0.05, 0.1) is 17.8 Å². The van der Waals surface area contributed by atoms with Gasteiger partial charge >= 0.3 is 0 Å². The number of aryl methyl sites for hydroxylation is 1. The first-order valence-corrected chi connectivity index (χ1v) is 11.1. The van der Waals surface area contributed by atoms with Crippen LogP contribution in [0.2, 0.25) is 0 Å². The highest BCUT2D eigenvalue weighted by molar-refractivity contribution is 8.01. The van der Waals surface area contributed by atoms with Crippen LogP contribution in [0.4, 0.5) is 5.69 Å². The monoisotopic (exact) mass is 424 g/mol. The summed E-state index contributed by atoms with van der Waals surface area (Å²) >= 11 is 4.75. The smallest absolute Gasteiger partial charge is 0.230 e. The Balaban J connectivity index is 1.34. The van der Waals surface area contributed by atoms with Crippen LogP contribution in [0.5, 0.6) is 0 Å². The van der Waals surface area contributed by atoms with Crippen molar-refractivity contribution in [2.75, 3.05) is 5.32 Å². The molecule has 0 radical (unpaired) electrons. The summed E-state index contributed by atoms with van der Waals surface area (Å²) in [6.45, 7) is 1.99. The van der Waals surface area contributed by atoms with Gasteiger partial charge in [-0.1, -0.05) is 17.8 Å². The molecule has 0 aliphatic carbocycles. The molecule has 0 atom stereocenters. The van der Waals surface area contributed by atoms with Gasteiger partial charge < -0.3 is 5.32 Å². The van der Waals surface area contributed by atoms with Gasteiger partial charge in [0, 0.05) is 33.2 Å². The SMILES string of the molecule is Cc1csc(Sc2ccc(NC(=O)Cc3csc(-c4ccccn4)n3)cc2)n1. The molecule has 1 aromatic carbocycles. The molecule has 28 heavy (non-hydrogen) atoms. The molecule has 4 rings (SSSR count). The lowest BCUT2D eigenvalue weighted by Gasteiger charge is -2.05. The van der Waals surface area contributed by atoms with Crippen LogP contribution in [0.1, 0.15) is 11.4 Å². The first-order chi connectivity index (χ1) is 13.7. The molecule has 0 bridgehead atoms. The highest BCUT2D eigenvalue weighted by atomic mass is 32.2. The van der Waals surface area contributed by atoms with Gasteiger partial charge in [-0.05, 0) is 43.3 Å². The zero-order valence-electron chi connectivity index (χ0n) is 15.0. The Bertz CT molecular complexity index is 1070. The van der Waals surface area contributed by atoms with Gasteiger partial charge in [0.15, 0.2) is 4.34 Å². The highest BCUT2D eigenvalue weighted by Crippen LogP contribution is 2.31. The second kappa shape index (κ2) is 8.64. The number of amides is 1. The van der Waals surface area contributed by atoms with E-state index in [0.29, 0.717) is 0 Å². The third kappa shape index (κ3) is 4.83. The molecule has 3 aromatic heterocycles. The topological polar surface area (TPSA) is 67.8 Å². The van der Waals surface area contributed by atoms with E-state index in [4.69, 9.17) is 0 Å². The summed E-state index contributed by atoms with van der Waals surface area (Å²) in [4.78, 5) is 26.7. The first-order valence-electron chi connectivity index (χ1n) is 8.51. The summed E-state index contributed by atoms with van der Waals surface area (Å²) in [6, 6.07) is 13.5. The lowest BCUT2D eigenvalue weighted by atomic mass is 10.3. The number of carbonyl (C=O) groups excluding carboxylic acids is 1. The fourth-order valence-electron chi connectivity index (χ4n) is 2.45. The molecule has 140 valence electrons. The van der Waals surface area contributed by atoms with E-state index in [0.717, 1.165) is 37.0 Å². The van der Waals surface area contributed by atoms with E-state index in [9.17, 15) is 4.79 Å². The van der Waals surface area contributed by atoms with Gasteiger partial charge in [-0.25, -0.2) is 9.97 Å². The molecule has 1 N–H and O–H groups in total. The van der Waals surface area contributed by atoms with Crippen LogP contribution in [-0.2, 0) is 11.2 Å². The average molecular weight is 425 g/mol. The molecule has 0 fully saturated rings. The minimum atomic E-state index is -0.0891. The van der Waals surface area contributed by atoms with Gasteiger partial charge in [0.1, 0.15) is 5.01 Å². The quantitative estimate of drug-likeness (QED) is 0.455. The number of carbonyl (C=O) groups is 1. The maximum absolute atomic E-state index is 12.3. The number of pyridine rings is 1. The average Bonchev–Trinajstić information content (AvgIpc) is 3.33. The number of hydrogen-bond acceptors (Lipinski definition) is 7. The zero-order valence-corrected chi connectivity index (χ0v) is 17.4. The standard InChI is InChI=1S/C20H16N4OS3/c1-13-11-27-20(22-13)28-16-7-5-14(6-8-16)23-18(25)10-15-12-26-19(24-15)17-4-2-3-9-21-17/h2-9,11-12H,10H2,1H3,(H,23,25). The number of nitrogens with zero attached hydrogens (tertiary/aromatic N) is 3. The molecule has 0 aliphatic rings. The zero-order chi connectivity index (χ0) is 19.3. The normalized spacial score (nSPS) is 10.8. The van der Waals surface area contributed by atoms with E-state index in [1.165, 1.54) is 11.3 Å². The molecule has 8 heteroatoms. The van der Waals surface area contributed by atoms with Gasteiger partial charge in [-0.3, -0.25) is 9.78 Å². The first kappa shape index (κ1) is 18.8. The number of anilines is 1. The Morgan fingerprint density at radius 1 is 1.07 bits per heavy atom. The van der Waals surface area contributed by atoms with Gasteiger partial charge in [-0.15, -0.1) is 22.7 Å². The summed E-state index contributed by atoms with van der Waals surface area (Å²) in [5, 5.41) is 7.68. The Hall–Kier alpha value is -2.55. The summed E-state index contributed by atoms with van der Waals surface area (Å²) in [5.74, 6) is -0.0891. The van der Waals surface area contributed by atoms with Crippen LogP contribution >= 0.6 is 34.4 Å². The summed E-state index contributed by atoms with van der Waals surface area (Å²) in [6.07, 6.45) is 1.97. The molecule has 4 aromatic rings. The van der Waals surface area contributed by atoms with Crippen LogP contribution < -0.4 is 5.32 Å². The van der Waals surface area contributed by atoms with Crippen molar-refractivity contribution in [1.82, 2.24) is 15.0 Å². The predicted octanol–water partition coefficient (Wildman–Crippen LogP) is 5.30. The molecule has 5 nitrogen and oxygen atoms in total. The van der Waals surface area contributed by atoms with Gasteiger partial charge in [0.25, 0.3) is 0 Å². The van der Waals surface area contributed by atoms with Crippen molar-refractivity contribution in [3.05, 3.63) is 70.8 Å². The van der Waals surface area contributed by atoms with Crippen molar-refractivity contribution in [3.63, 3.8) is 0 Å². The van der Waals surface area contributed by atoms with Crippen LogP contribution in [0.15, 0.2) is 68.7 Å². The van der Waals surface area contributed by atoms with E-state index < -0.39 is 0 Å². The largest absolute Gasteiger partial charge is 0.326 e. The molecule has 0 spiro atoms. The van der Waals surface area contributed by atoms with Crippen LogP contribution in [0.25, 0.3) is 10.7 Å². The van der Waals surface area contributed by atoms with Gasteiger partial charge in [-0.2, -0.15) is 0 Å². The molecule has 1 amide bonds. The summed E-state index contributed by atoms with van der Waals surface area (Å²) < 4.78 is 1.02. The number of thiazole rings is 2. The number of aromatic nitrogens is 3. The molecular formula is C20H16N4OS3. The fourth-order valence-corrected chi connectivity index (χ4v) is 5.06. The van der Waals surface area contributed by atoms with Crippen LogP contribution in [0.3, 0.4) is 0 Å². The van der Waals surface area contributed by atoms with Gasteiger partial charge in [0.2, 0.25) is 5.91 Å². The number of rotatable bonds is 6. The van der Waals surface area contributed by atoms with E-state index >= 15 is 0 Å². The third-order valence-corrected chi connectivity index (χ3v) is 6.70. The van der Waals surface area contributed by atoms with Crippen LogP contribution in [-0.4, -0.2) is 20.9 Å². The fraction of sp³-hybridized carbons (Fsp3) is 0.100. The predicted molar refractivity (Wildman–Crippen MR) is 115 cm³/mol. The Kier molecular flexibility index (Phi) is 5.80. The molecule has 0 aliphatic heterocycles. The molecule has 0 saturated carbocycles. The van der Waals surface area contributed by atoms with E-state index in [-0.39, 0.29) is 12.3 Å². The van der Waals surface area contributed by atoms with E-state index in [1.54, 1.807) is 29.3 Å². The van der Waals surface area contributed by atoms with Crippen molar-refractivity contribution in [1.29, 1.82) is 0 Å². The van der Waals surface area contributed by atoms with Crippen molar-refractivity contribution in [2.24, 2.45) is 0 Å². The second-order valence-corrected chi connectivity index (χ2v) is 9.00. The number of hydrogen-bond donors (Lipinski definition) is 1. The summed E-state index contributed by atoms with van der Waals surface area (Å²) in [5.41, 5.74) is 3.37. The molecular weight excluding hydrogens is 408 g/mol. The van der Waals surface area contributed by atoms with Crippen molar-refractivity contribution < 1.29 is 4.79 Å². The third-order valence-electron chi connectivity index (χ3n) is 3.72. The Morgan fingerprint density at radius 3 is 2.64 bits per heavy atom. The maximum Gasteiger partial charge on any atom is 0.230 e. The minimum Gasteiger partial charge on any atom is -0.326 e. The van der Waals surface area contributed by atoms with Crippen molar-refractivity contribution in [3.8, 4) is 10.7 Å². The van der Waals surface area contributed by atoms with E-state index in [2.05, 4.69) is 20.3 Å². The van der Waals surface area contributed by atoms with Crippen molar-refractivity contribution >= 4 is 46.0 Å². The highest BCUT2D eigenvalue weighted by Gasteiger charge is 2.10. The van der Waals surface area contributed by atoms with E-state index in [1.807, 2.05) is 60.1 Å². The molecule has 3 heterocycles. The second-order valence-electron chi connectivity index (χ2n) is 5.97. The lowest BCUT2D eigenvalue weighted by Crippen LogP contribution is -2.14. The molecule has 0 unspecified atom stereocenters.